The van der Waals surface area contributed by atoms with E-state index in [1.165, 1.54) is 5.56 Å². The number of hydrogen-bond acceptors (Lipinski definition) is 4. The van der Waals surface area contributed by atoms with Crippen molar-refractivity contribution >= 4 is 12.0 Å². The van der Waals surface area contributed by atoms with Crippen LogP contribution in [0.2, 0.25) is 0 Å². The van der Waals surface area contributed by atoms with Gasteiger partial charge in [0.15, 0.2) is 0 Å². The van der Waals surface area contributed by atoms with Crippen LogP contribution in [0.15, 0.2) is 24.3 Å². The van der Waals surface area contributed by atoms with Gasteiger partial charge in [0.25, 0.3) is 0 Å². The van der Waals surface area contributed by atoms with E-state index < -0.39 is 5.97 Å². The summed E-state index contributed by atoms with van der Waals surface area (Å²) in [6.45, 7) is 10.0. The molecular weight excluding hydrogens is 358 g/mol. The first-order chi connectivity index (χ1) is 13.2. The Morgan fingerprint density at radius 2 is 1.86 bits per heavy atom. The fourth-order valence-electron chi connectivity index (χ4n) is 3.30. The number of carboxylic acids is 1. The van der Waals surface area contributed by atoms with E-state index in [2.05, 4.69) is 43.5 Å². The Bertz CT molecular complexity index is 649. The van der Waals surface area contributed by atoms with Crippen LogP contribution in [0.25, 0.3) is 0 Å². The summed E-state index contributed by atoms with van der Waals surface area (Å²) in [5.41, 5.74) is 1.36. The predicted molar refractivity (Wildman–Crippen MR) is 109 cm³/mol. The Morgan fingerprint density at radius 1 is 1.21 bits per heavy atom. The number of nitrogens with one attached hydrogen (secondary N) is 2. The molecule has 7 heteroatoms. The summed E-state index contributed by atoms with van der Waals surface area (Å²) in [6.07, 6.45) is 1.57. The largest absolute Gasteiger partial charge is 0.492 e. The summed E-state index contributed by atoms with van der Waals surface area (Å²) in [6, 6.07) is 8.14. The minimum Gasteiger partial charge on any atom is -0.492 e. The molecule has 156 valence electrons. The van der Waals surface area contributed by atoms with Crippen LogP contribution in [-0.4, -0.2) is 60.3 Å². The highest BCUT2D eigenvalue weighted by molar-refractivity contribution is 5.74. The number of amides is 2. The molecular formula is C21H33N3O4. The van der Waals surface area contributed by atoms with E-state index in [0.717, 1.165) is 18.6 Å². The van der Waals surface area contributed by atoms with Crippen LogP contribution >= 0.6 is 0 Å². The van der Waals surface area contributed by atoms with Gasteiger partial charge >= 0.3 is 12.0 Å². The monoisotopic (exact) mass is 391 g/mol. The molecule has 0 aliphatic heterocycles. The Balaban J connectivity index is 1.60. The minimum absolute atomic E-state index is 0.0498. The molecule has 2 amide bonds. The number of ether oxygens (including phenoxy) is 1. The van der Waals surface area contributed by atoms with Crippen molar-refractivity contribution in [2.45, 2.75) is 58.0 Å². The van der Waals surface area contributed by atoms with Gasteiger partial charge in [-0.25, -0.2) is 4.79 Å². The van der Waals surface area contributed by atoms with E-state index in [9.17, 15) is 9.59 Å². The standard InChI is InChI=1S/C21H33N3O4/c1-5-24(14-19(25)26)17-12-16(13-17)23-20(27)22-10-11-28-18-8-6-15(7-9-18)21(2,3)4/h6-9,16-17H,5,10-14H2,1-4H3,(H,25,26)(H2,22,23,27). The van der Waals surface area contributed by atoms with Crippen LogP contribution in [0.4, 0.5) is 4.79 Å². The summed E-state index contributed by atoms with van der Waals surface area (Å²) in [5.74, 6) is -0.0285. The first-order valence-electron chi connectivity index (χ1n) is 9.92. The third-order valence-electron chi connectivity index (χ3n) is 5.09. The lowest BCUT2D eigenvalue weighted by atomic mass is 9.85. The number of nitrogens with zero attached hydrogens (tertiary/aromatic N) is 1. The molecule has 7 nitrogen and oxygen atoms in total. The summed E-state index contributed by atoms with van der Waals surface area (Å²) in [4.78, 5) is 24.7. The molecule has 3 N–H and O–H groups in total. The molecule has 28 heavy (non-hydrogen) atoms. The fraction of sp³-hybridized carbons (Fsp3) is 0.619. The highest BCUT2D eigenvalue weighted by Crippen LogP contribution is 2.25. The minimum atomic E-state index is -0.816. The van der Waals surface area contributed by atoms with E-state index in [1.54, 1.807) is 0 Å². The molecule has 2 rings (SSSR count). The van der Waals surface area contributed by atoms with Gasteiger partial charge in [-0.05, 0) is 42.5 Å². The first-order valence-corrected chi connectivity index (χ1v) is 9.92. The number of carbonyl (C=O) groups excluding carboxylic acids is 1. The average molecular weight is 392 g/mol. The van der Waals surface area contributed by atoms with Crippen molar-refractivity contribution in [1.82, 2.24) is 15.5 Å². The van der Waals surface area contributed by atoms with Crippen LogP contribution < -0.4 is 15.4 Å². The molecule has 0 heterocycles. The number of urea groups is 1. The number of aliphatic carboxylic acids is 1. The Labute approximate surface area is 167 Å². The van der Waals surface area contributed by atoms with Gasteiger partial charge in [0.1, 0.15) is 12.4 Å². The third-order valence-corrected chi connectivity index (χ3v) is 5.09. The predicted octanol–water partition coefficient (Wildman–Crippen LogP) is 2.60. The average Bonchev–Trinajstić information content (AvgIpc) is 2.59. The van der Waals surface area contributed by atoms with Crippen molar-refractivity contribution in [2.75, 3.05) is 26.2 Å². The zero-order valence-electron chi connectivity index (χ0n) is 17.3. The molecule has 1 saturated carbocycles. The summed E-state index contributed by atoms with van der Waals surface area (Å²) >= 11 is 0. The number of benzene rings is 1. The highest BCUT2D eigenvalue weighted by atomic mass is 16.5. The van der Waals surface area contributed by atoms with Gasteiger partial charge in [0, 0.05) is 12.1 Å². The highest BCUT2D eigenvalue weighted by Gasteiger charge is 2.34. The number of carboxylic acid groups (broad SMARTS) is 1. The normalized spacial score (nSPS) is 19.0. The van der Waals surface area contributed by atoms with Crippen molar-refractivity contribution in [2.24, 2.45) is 0 Å². The molecule has 0 bridgehead atoms. The molecule has 1 aliphatic rings. The molecule has 1 fully saturated rings. The Morgan fingerprint density at radius 3 is 2.39 bits per heavy atom. The summed E-state index contributed by atoms with van der Waals surface area (Å²) in [7, 11) is 0. The maximum Gasteiger partial charge on any atom is 0.317 e. The van der Waals surface area contributed by atoms with Crippen LogP contribution in [0, 0.1) is 0 Å². The van der Waals surface area contributed by atoms with Gasteiger partial charge in [-0.1, -0.05) is 39.8 Å². The molecule has 1 aromatic rings. The van der Waals surface area contributed by atoms with Crippen molar-refractivity contribution in [3.8, 4) is 5.75 Å². The maximum absolute atomic E-state index is 12.0. The number of hydrogen-bond donors (Lipinski definition) is 3. The maximum atomic E-state index is 12.0. The van der Waals surface area contributed by atoms with Crippen molar-refractivity contribution in [3.63, 3.8) is 0 Å². The van der Waals surface area contributed by atoms with Crippen LogP contribution in [-0.2, 0) is 10.2 Å². The Kier molecular flexibility index (Phi) is 7.69. The Hall–Kier alpha value is -2.28. The SMILES string of the molecule is CCN(CC(=O)O)C1CC(NC(=O)NCCOc2ccc(C(C)(C)C)cc2)C1. The lowest BCUT2D eigenvalue weighted by molar-refractivity contribution is -0.139. The molecule has 0 saturated heterocycles. The van der Waals surface area contributed by atoms with Gasteiger partial charge in [-0.2, -0.15) is 0 Å². The van der Waals surface area contributed by atoms with Crippen molar-refractivity contribution < 1.29 is 19.4 Å². The van der Waals surface area contributed by atoms with Crippen LogP contribution in [0.5, 0.6) is 5.75 Å². The quantitative estimate of drug-likeness (QED) is 0.563. The van der Waals surface area contributed by atoms with Gasteiger partial charge < -0.3 is 20.5 Å². The third kappa shape index (κ3) is 6.71. The number of likely N-dealkylation sites (N-methyl/N-ethyl adjacent to an activating group) is 1. The summed E-state index contributed by atoms with van der Waals surface area (Å²) in [5, 5.41) is 14.6. The molecule has 0 radical (unpaired) electrons. The van der Waals surface area contributed by atoms with Gasteiger partial charge in [0.2, 0.25) is 0 Å². The zero-order valence-corrected chi connectivity index (χ0v) is 17.3. The molecule has 1 aromatic carbocycles. The van der Waals surface area contributed by atoms with Gasteiger partial charge in [-0.3, -0.25) is 9.69 Å². The lowest BCUT2D eigenvalue weighted by Crippen LogP contribution is -2.56. The van der Waals surface area contributed by atoms with E-state index in [4.69, 9.17) is 9.84 Å². The zero-order chi connectivity index (χ0) is 20.7. The second-order valence-electron chi connectivity index (χ2n) is 8.30. The number of carbonyl (C=O) groups is 2. The fourth-order valence-corrected chi connectivity index (χ4v) is 3.30. The molecule has 0 spiro atoms. The van der Waals surface area contributed by atoms with Crippen LogP contribution in [0.3, 0.4) is 0 Å². The topological polar surface area (TPSA) is 90.9 Å². The van der Waals surface area contributed by atoms with E-state index in [-0.39, 0.29) is 30.1 Å². The van der Waals surface area contributed by atoms with E-state index in [1.807, 2.05) is 24.0 Å². The van der Waals surface area contributed by atoms with Crippen molar-refractivity contribution in [3.05, 3.63) is 29.8 Å². The number of rotatable bonds is 9. The molecule has 1 aliphatic carbocycles. The molecule has 0 aromatic heterocycles. The molecule has 0 unspecified atom stereocenters. The first kappa shape index (κ1) is 22.0. The van der Waals surface area contributed by atoms with Gasteiger partial charge in [-0.15, -0.1) is 0 Å². The smallest absolute Gasteiger partial charge is 0.317 e. The van der Waals surface area contributed by atoms with Crippen LogP contribution in [0.1, 0.15) is 46.1 Å². The van der Waals surface area contributed by atoms with E-state index >= 15 is 0 Å². The lowest BCUT2D eigenvalue weighted by Gasteiger charge is -2.42. The molecule has 0 atom stereocenters. The van der Waals surface area contributed by atoms with Gasteiger partial charge in [0.05, 0.1) is 13.1 Å². The second-order valence-corrected chi connectivity index (χ2v) is 8.30. The van der Waals surface area contributed by atoms with E-state index in [0.29, 0.717) is 19.7 Å². The summed E-state index contributed by atoms with van der Waals surface area (Å²) < 4.78 is 5.66. The second kappa shape index (κ2) is 9.78. The van der Waals surface area contributed by atoms with Crippen molar-refractivity contribution in [1.29, 1.82) is 0 Å².